The molecule has 1 amide bonds. The van der Waals surface area contributed by atoms with Gasteiger partial charge in [0, 0.05) is 13.6 Å². The molecule has 5 heteroatoms. The molecule has 1 heterocycles. The Morgan fingerprint density at radius 3 is 2.55 bits per heavy atom. The molecule has 1 aliphatic carbocycles. The van der Waals surface area contributed by atoms with E-state index in [1.165, 1.54) is 11.3 Å². The number of benzene rings is 1. The number of rotatable bonds is 3. The number of nitrogens with two attached hydrogens (primary N) is 2. The van der Waals surface area contributed by atoms with Gasteiger partial charge in [-0.15, -0.1) is 0 Å². The van der Waals surface area contributed by atoms with Crippen LogP contribution < -0.4 is 11.5 Å². The van der Waals surface area contributed by atoms with Gasteiger partial charge in [0.05, 0.1) is 0 Å². The van der Waals surface area contributed by atoms with Gasteiger partial charge in [-0.25, -0.2) is 4.99 Å². The number of carbonyl (C=O) groups is 1. The SMILES string of the molecule is CN1C(=O)C(c2ccccc2CN)(C2CCCCC2)N=C1N. The van der Waals surface area contributed by atoms with Gasteiger partial charge in [-0.3, -0.25) is 9.69 Å². The maximum absolute atomic E-state index is 13.1. The Morgan fingerprint density at radius 1 is 1.27 bits per heavy atom. The fourth-order valence-corrected chi connectivity index (χ4v) is 3.91. The molecular weight excluding hydrogens is 276 g/mol. The van der Waals surface area contributed by atoms with Gasteiger partial charge in [0.25, 0.3) is 5.91 Å². The van der Waals surface area contributed by atoms with Crippen molar-refractivity contribution in [2.75, 3.05) is 7.05 Å². The molecule has 1 unspecified atom stereocenters. The zero-order chi connectivity index (χ0) is 15.7. The average molecular weight is 300 g/mol. The lowest BCUT2D eigenvalue weighted by Crippen LogP contribution is -2.46. The number of aliphatic imine (C=N–C) groups is 1. The van der Waals surface area contributed by atoms with Crippen LogP contribution in [0.15, 0.2) is 29.3 Å². The van der Waals surface area contributed by atoms with Gasteiger partial charge in [0.2, 0.25) is 0 Å². The van der Waals surface area contributed by atoms with Crippen LogP contribution in [-0.2, 0) is 16.9 Å². The van der Waals surface area contributed by atoms with Crippen LogP contribution in [0.5, 0.6) is 0 Å². The quantitative estimate of drug-likeness (QED) is 0.891. The van der Waals surface area contributed by atoms with Crippen molar-refractivity contribution in [2.45, 2.75) is 44.2 Å². The van der Waals surface area contributed by atoms with Crippen LogP contribution in [0.3, 0.4) is 0 Å². The molecule has 5 nitrogen and oxygen atoms in total. The Bertz CT molecular complexity index is 606. The monoisotopic (exact) mass is 300 g/mol. The highest BCUT2D eigenvalue weighted by Gasteiger charge is 2.53. The van der Waals surface area contributed by atoms with Crippen molar-refractivity contribution in [3.8, 4) is 0 Å². The van der Waals surface area contributed by atoms with Gasteiger partial charge in [-0.2, -0.15) is 0 Å². The van der Waals surface area contributed by atoms with Gasteiger partial charge in [-0.1, -0.05) is 43.5 Å². The first-order valence-corrected chi connectivity index (χ1v) is 8.03. The minimum absolute atomic E-state index is 0.0159. The zero-order valence-corrected chi connectivity index (χ0v) is 13.1. The fourth-order valence-electron chi connectivity index (χ4n) is 3.91. The predicted molar refractivity (Wildman–Crippen MR) is 87.0 cm³/mol. The van der Waals surface area contributed by atoms with Gasteiger partial charge < -0.3 is 11.5 Å². The normalized spacial score (nSPS) is 26.4. The van der Waals surface area contributed by atoms with Crippen molar-refractivity contribution in [3.05, 3.63) is 35.4 Å². The van der Waals surface area contributed by atoms with E-state index < -0.39 is 5.54 Å². The van der Waals surface area contributed by atoms with E-state index >= 15 is 0 Å². The van der Waals surface area contributed by atoms with E-state index in [9.17, 15) is 4.79 Å². The molecule has 1 aliphatic heterocycles. The lowest BCUT2D eigenvalue weighted by molar-refractivity contribution is -0.133. The summed E-state index contributed by atoms with van der Waals surface area (Å²) in [7, 11) is 1.71. The van der Waals surface area contributed by atoms with Crippen LogP contribution in [0.1, 0.15) is 43.2 Å². The highest BCUT2D eigenvalue weighted by Crippen LogP contribution is 2.46. The summed E-state index contributed by atoms with van der Waals surface area (Å²) in [4.78, 5) is 19.3. The highest BCUT2D eigenvalue weighted by molar-refractivity contribution is 6.07. The summed E-state index contributed by atoms with van der Waals surface area (Å²) in [6, 6.07) is 7.88. The van der Waals surface area contributed by atoms with Crippen LogP contribution >= 0.6 is 0 Å². The summed E-state index contributed by atoms with van der Waals surface area (Å²) < 4.78 is 0. The second-order valence-corrected chi connectivity index (χ2v) is 6.30. The third kappa shape index (κ3) is 2.11. The van der Waals surface area contributed by atoms with Crippen molar-refractivity contribution in [1.82, 2.24) is 4.90 Å². The molecule has 1 atom stereocenters. The van der Waals surface area contributed by atoms with Crippen molar-refractivity contribution in [1.29, 1.82) is 0 Å². The molecule has 4 N–H and O–H groups in total. The van der Waals surface area contributed by atoms with E-state index in [2.05, 4.69) is 0 Å². The molecule has 0 spiro atoms. The Morgan fingerprint density at radius 2 is 1.95 bits per heavy atom. The third-order valence-electron chi connectivity index (χ3n) is 5.11. The van der Waals surface area contributed by atoms with Crippen LogP contribution in [0, 0.1) is 5.92 Å². The number of guanidine groups is 1. The molecule has 0 aromatic heterocycles. The topological polar surface area (TPSA) is 84.7 Å². The first-order chi connectivity index (χ1) is 10.6. The predicted octanol–water partition coefficient (Wildman–Crippen LogP) is 1.71. The second kappa shape index (κ2) is 5.72. The lowest BCUT2D eigenvalue weighted by atomic mass is 9.70. The van der Waals surface area contributed by atoms with Gasteiger partial charge >= 0.3 is 0 Å². The molecule has 1 aromatic carbocycles. The summed E-state index contributed by atoms with van der Waals surface area (Å²) in [5.74, 6) is 0.491. The maximum atomic E-state index is 13.1. The Labute approximate surface area is 131 Å². The van der Waals surface area contributed by atoms with E-state index in [-0.39, 0.29) is 11.8 Å². The van der Waals surface area contributed by atoms with E-state index in [0.29, 0.717) is 12.5 Å². The molecule has 1 fully saturated rings. The van der Waals surface area contributed by atoms with Gasteiger partial charge in [0.1, 0.15) is 0 Å². The van der Waals surface area contributed by atoms with Crippen LogP contribution in [0.2, 0.25) is 0 Å². The first kappa shape index (κ1) is 15.0. The average Bonchev–Trinajstić information content (AvgIpc) is 2.80. The Kier molecular flexibility index (Phi) is 3.91. The number of hydrogen-bond donors (Lipinski definition) is 2. The maximum Gasteiger partial charge on any atom is 0.261 e. The van der Waals surface area contributed by atoms with E-state index in [4.69, 9.17) is 16.5 Å². The first-order valence-electron chi connectivity index (χ1n) is 8.03. The van der Waals surface area contributed by atoms with Crippen molar-refractivity contribution < 1.29 is 4.79 Å². The summed E-state index contributed by atoms with van der Waals surface area (Å²) in [5, 5.41) is 0. The summed E-state index contributed by atoms with van der Waals surface area (Å²) in [6.45, 7) is 0.400. The fraction of sp³-hybridized carbons (Fsp3) is 0.529. The van der Waals surface area contributed by atoms with E-state index in [1.807, 2.05) is 24.3 Å². The molecule has 0 saturated heterocycles. The molecule has 0 bridgehead atoms. The number of likely N-dealkylation sites (N-methyl/N-ethyl adjacent to an activating group) is 1. The van der Waals surface area contributed by atoms with Gasteiger partial charge in [-0.05, 0) is 29.9 Å². The van der Waals surface area contributed by atoms with Crippen LogP contribution in [0.25, 0.3) is 0 Å². The highest BCUT2D eigenvalue weighted by atomic mass is 16.2. The van der Waals surface area contributed by atoms with E-state index in [1.54, 1.807) is 7.05 Å². The molecule has 22 heavy (non-hydrogen) atoms. The Hall–Kier alpha value is -1.88. The number of amides is 1. The molecule has 2 aliphatic rings. The largest absolute Gasteiger partial charge is 0.369 e. The van der Waals surface area contributed by atoms with Gasteiger partial charge in [0.15, 0.2) is 11.5 Å². The smallest absolute Gasteiger partial charge is 0.261 e. The molecule has 0 radical (unpaired) electrons. The standard InChI is InChI=1S/C17H24N4O/c1-21-15(22)17(20-16(21)19,13-8-3-2-4-9-13)14-10-6-5-7-12(14)11-18/h5-7,10,13H,2-4,8-9,11,18H2,1H3,(H2,19,20). The summed E-state index contributed by atoms with van der Waals surface area (Å²) in [5.41, 5.74) is 13.0. The minimum atomic E-state index is -0.880. The van der Waals surface area contributed by atoms with Crippen molar-refractivity contribution in [2.24, 2.45) is 22.4 Å². The number of nitrogens with zero attached hydrogens (tertiary/aromatic N) is 2. The van der Waals surface area contributed by atoms with Crippen LogP contribution in [0.4, 0.5) is 0 Å². The van der Waals surface area contributed by atoms with Crippen molar-refractivity contribution >= 4 is 11.9 Å². The second-order valence-electron chi connectivity index (χ2n) is 6.30. The number of hydrogen-bond acceptors (Lipinski definition) is 4. The van der Waals surface area contributed by atoms with Crippen LogP contribution in [-0.4, -0.2) is 23.8 Å². The summed E-state index contributed by atoms with van der Waals surface area (Å²) >= 11 is 0. The molecule has 3 rings (SSSR count). The lowest BCUT2D eigenvalue weighted by Gasteiger charge is -2.37. The molecular formula is C17H24N4O. The van der Waals surface area contributed by atoms with E-state index in [0.717, 1.165) is 36.8 Å². The Balaban J connectivity index is 2.17. The third-order valence-corrected chi connectivity index (χ3v) is 5.11. The minimum Gasteiger partial charge on any atom is -0.369 e. The molecule has 1 saturated carbocycles. The zero-order valence-electron chi connectivity index (χ0n) is 13.1. The summed E-state index contributed by atoms with van der Waals surface area (Å²) in [6.07, 6.45) is 5.53. The molecule has 118 valence electrons. The van der Waals surface area contributed by atoms with Crippen molar-refractivity contribution in [3.63, 3.8) is 0 Å². The number of carbonyl (C=O) groups excluding carboxylic acids is 1. The molecule has 1 aromatic rings.